The highest BCUT2D eigenvalue weighted by atomic mass is 32.1. The molecule has 7 nitrogen and oxygen atoms in total. The number of methoxy groups -OCH3 is 1. The number of hydrogen-bond donors (Lipinski definition) is 2. The van der Waals surface area contributed by atoms with Gasteiger partial charge in [-0.25, -0.2) is 9.78 Å². The second kappa shape index (κ2) is 8.96. The summed E-state index contributed by atoms with van der Waals surface area (Å²) in [6, 6.07) is 14.9. The Bertz CT molecular complexity index is 1050. The van der Waals surface area contributed by atoms with Crippen LogP contribution in [0.2, 0.25) is 0 Å². The number of anilines is 2. The first kappa shape index (κ1) is 19.9. The summed E-state index contributed by atoms with van der Waals surface area (Å²) in [7, 11) is 1.55. The molecule has 0 saturated carbocycles. The fourth-order valence-corrected chi connectivity index (χ4v) is 4.09. The zero-order chi connectivity index (χ0) is 20.9. The minimum absolute atomic E-state index is 0.0880. The van der Waals surface area contributed by atoms with Gasteiger partial charge in [-0.15, -0.1) is 11.3 Å². The van der Waals surface area contributed by atoms with Crippen LogP contribution in [0.1, 0.15) is 17.8 Å². The van der Waals surface area contributed by atoms with Crippen LogP contribution < -0.4 is 20.3 Å². The Morgan fingerprint density at radius 1 is 1.23 bits per heavy atom. The van der Waals surface area contributed by atoms with Crippen molar-refractivity contribution < 1.29 is 14.3 Å². The van der Waals surface area contributed by atoms with Gasteiger partial charge in [0.2, 0.25) is 5.91 Å². The van der Waals surface area contributed by atoms with Gasteiger partial charge in [0, 0.05) is 35.7 Å². The highest BCUT2D eigenvalue weighted by molar-refractivity contribution is 7.09. The van der Waals surface area contributed by atoms with Crippen LogP contribution in [-0.4, -0.2) is 30.6 Å². The van der Waals surface area contributed by atoms with Crippen LogP contribution in [0.4, 0.5) is 16.2 Å². The molecule has 3 aromatic rings. The average Bonchev–Trinajstić information content (AvgIpc) is 3.42. The third kappa shape index (κ3) is 4.44. The molecule has 1 aromatic heterocycles. The molecule has 2 N–H and O–H groups in total. The Morgan fingerprint density at radius 3 is 2.80 bits per heavy atom. The first-order valence-corrected chi connectivity index (χ1v) is 10.5. The van der Waals surface area contributed by atoms with Crippen molar-refractivity contribution in [2.24, 2.45) is 0 Å². The van der Waals surface area contributed by atoms with E-state index in [-0.39, 0.29) is 11.9 Å². The van der Waals surface area contributed by atoms with Gasteiger partial charge in [-0.1, -0.05) is 30.3 Å². The number of aromatic nitrogens is 1. The standard InChI is InChI=1S/C22H22N4O3S/c1-29-19-12-16(9-10-18(19)26-11-5-8-21(26)27)24-22(28)23-13-20-25-17(14-30-20)15-6-3-2-4-7-15/h2-4,6-7,9-10,12,14H,5,8,11,13H2,1H3,(H2,23,24,28). The van der Waals surface area contributed by atoms with Crippen LogP contribution in [0.3, 0.4) is 0 Å². The number of nitrogens with zero attached hydrogens (tertiary/aromatic N) is 2. The van der Waals surface area contributed by atoms with Crippen LogP contribution in [0.15, 0.2) is 53.9 Å². The third-order valence-electron chi connectivity index (χ3n) is 4.82. The number of hydrogen-bond acceptors (Lipinski definition) is 5. The number of urea groups is 1. The van der Waals surface area contributed by atoms with E-state index >= 15 is 0 Å². The van der Waals surface area contributed by atoms with Gasteiger partial charge in [0.15, 0.2) is 0 Å². The molecule has 2 aromatic carbocycles. The summed E-state index contributed by atoms with van der Waals surface area (Å²) in [6.07, 6.45) is 1.39. The van der Waals surface area contributed by atoms with E-state index in [9.17, 15) is 9.59 Å². The molecule has 1 aliphatic heterocycles. The number of amides is 3. The zero-order valence-corrected chi connectivity index (χ0v) is 17.4. The van der Waals surface area contributed by atoms with E-state index in [2.05, 4.69) is 15.6 Å². The van der Waals surface area contributed by atoms with Gasteiger partial charge < -0.3 is 20.3 Å². The second-order valence-corrected chi connectivity index (χ2v) is 7.78. The van der Waals surface area contributed by atoms with Gasteiger partial charge in [0.25, 0.3) is 0 Å². The zero-order valence-electron chi connectivity index (χ0n) is 16.6. The lowest BCUT2D eigenvalue weighted by atomic mass is 10.2. The second-order valence-electron chi connectivity index (χ2n) is 6.84. The molecule has 0 unspecified atom stereocenters. The van der Waals surface area contributed by atoms with Crippen molar-refractivity contribution in [2.75, 3.05) is 23.9 Å². The predicted octanol–water partition coefficient (Wildman–Crippen LogP) is 4.27. The summed E-state index contributed by atoms with van der Waals surface area (Å²) >= 11 is 1.50. The third-order valence-corrected chi connectivity index (χ3v) is 5.67. The Morgan fingerprint density at radius 2 is 2.07 bits per heavy atom. The van der Waals surface area contributed by atoms with Crippen molar-refractivity contribution in [1.29, 1.82) is 0 Å². The predicted molar refractivity (Wildman–Crippen MR) is 118 cm³/mol. The molecular weight excluding hydrogens is 400 g/mol. The molecule has 154 valence electrons. The van der Waals surface area contributed by atoms with Gasteiger partial charge >= 0.3 is 6.03 Å². The fraction of sp³-hybridized carbons (Fsp3) is 0.227. The molecule has 0 bridgehead atoms. The summed E-state index contributed by atoms with van der Waals surface area (Å²) in [4.78, 5) is 30.6. The van der Waals surface area contributed by atoms with Crippen LogP contribution in [0, 0.1) is 0 Å². The number of rotatable bonds is 6. The van der Waals surface area contributed by atoms with Crippen LogP contribution in [0.5, 0.6) is 5.75 Å². The molecule has 3 amide bonds. The van der Waals surface area contributed by atoms with E-state index in [0.717, 1.165) is 28.4 Å². The molecule has 30 heavy (non-hydrogen) atoms. The lowest BCUT2D eigenvalue weighted by molar-refractivity contribution is -0.117. The summed E-state index contributed by atoms with van der Waals surface area (Å²) in [6.45, 7) is 1.02. The maximum Gasteiger partial charge on any atom is 0.319 e. The average molecular weight is 423 g/mol. The van der Waals surface area contributed by atoms with Crippen LogP contribution in [0.25, 0.3) is 11.3 Å². The van der Waals surface area contributed by atoms with E-state index in [4.69, 9.17) is 4.74 Å². The van der Waals surface area contributed by atoms with Gasteiger partial charge in [-0.3, -0.25) is 4.79 Å². The van der Waals surface area contributed by atoms with E-state index in [0.29, 0.717) is 30.9 Å². The highest BCUT2D eigenvalue weighted by Gasteiger charge is 2.24. The summed E-state index contributed by atoms with van der Waals surface area (Å²) in [5.41, 5.74) is 3.26. The molecule has 1 fully saturated rings. The van der Waals surface area contributed by atoms with Gasteiger partial charge in [-0.05, 0) is 18.6 Å². The Labute approximate surface area is 178 Å². The van der Waals surface area contributed by atoms with Crippen molar-refractivity contribution in [3.8, 4) is 17.0 Å². The normalized spacial score (nSPS) is 13.4. The number of benzene rings is 2. The van der Waals surface area contributed by atoms with Crippen molar-refractivity contribution in [3.05, 3.63) is 58.9 Å². The van der Waals surface area contributed by atoms with Crippen molar-refractivity contribution in [2.45, 2.75) is 19.4 Å². The maximum absolute atomic E-state index is 12.3. The first-order valence-electron chi connectivity index (χ1n) is 9.67. The summed E-state index contributed by atoms with van der Waals surface area (Å²) in [5.74, 6) is 0.639. The van der Waals surface area contributed by atoms with Crippen LogP contribution >= 0.6 is 11.3 Å². The number of carbonyl (C=O) groups is 2. The topological polar surface area (TPSA) is 83.6 Å². The van der Waals surface area contributed by atoms with Crippen molar-refractivity contribution >= 4 is 34.6 Å². The molecule has 0 aliphatic carbocycles. The fourth-order valence-electron chi connectivity index (χ4n) is 3.35. The maximum atomic E-state index is 12.3. The summed E-state index contributed by atoms with van der Waals surface area (Å²) in [5, 5.41) is 8.42. The molecule has 1 saturated heterocycles. The molecule has 0 radical (unpaired) electrons. The van der Waals surface area contributed by atoms with Crippen molar-refractivity contribution in [1.82, 2.24) is 10.3 Å². The molecule has 2 heterocycles. The number of thiazole rings is 1. The van der Waals surface area contributed by atoms with Gasteiger partial charge in [-0.2, -0.15) is 0 Å². The quantitative estimate of drug-likeness (QED) is 0.622. The Kier molecular flexibility index (Phi) is 5.94. The monoisotopic (exact) mass is 422 g/mol. The Balaban J connectivity index is 1.36. The SMILES string of the molecule is COc1cc(NC(=O)NCc2nc(-c3ccccc3)cs2)ccc1N1CCCC1=O. The number of carbonyl (C=O) groups excluding carboxylic acids is 2. The molecule has 1 aliphatic rings. The van der Waals surface area contributed by atoms with Gasteiger partial charge in [0.05, 0.1) is 25.0 Å². The number of ether oxygens (including phenoxy) is 1. The lowest BCUT2D eigenvalue weighted by Crippen LogP contribution is -2.28. The van der Waals surface area contributed by atoms with E-state index in [1.54, 1.807) is 30.2 Å². The highest BCUT2D eigenvalue weighted by Crippen LogP contribution is 2.33. The Hall–Kier alpha value is -3.39. The summed E-state index contributed by atoms with van der Waals surface area (Å²) < 4.78 is 5.43. The van der Waals surface area contributed by atoms with Crippen molar-refractivity contribution in [3.63, 3.8) is 0 Å². The van der Waals surface area contributed by atoms with E-state index in [1.165, 1.54) is 11.3 Å². The largest absolute Gasteiger partial charge is 0.494 e. The molecule has 0 atom stereocenters. The minimum atomic E-state index is -0.335. The lowest BCUT2D eigenvalue weighted by Gasteiger charge is -2.19. The first-order chi connectivity index (χ1) is 14.6. The van der Waals surface area contributed by atoms with E-state index < -0.39 is 0 Å². The number of nitrogens with one attached hydrogen (secondary N) is 2. The molecule has 4 rings (SSSR count). The van der Waals surface area contributed by atoms with Crippen LogP contribution in [-0.2, 0) is 11.3 Å². The molecule has 8 heteroatoms. The minimum Gasteiger partial charge on any atom is -0.494 e. The van der Waals surface area contributed by atoms with E-state index in [1.807, 2.05) is 35.7 Å². The molecular formula is C22H22N4O3S. The smallest absolute Gasteiger partial charge is 0.319 e. The van der Waals surface area contributed by atoms with Gasteiger partial charge in [0.1, 0.15) is 10.8 Å². The molecule has 0 spiro atoms.